The molecule has 2 heterocycles. The van der Waals surface area contributed by atoms with E-state index < -0.39 is 0 Å². The van der Waals surface area contributed by atoms with E-state index in [1.54, 1.807) is 11.8 Å². The van der Waals surface area contributed by atoms with Gasteiger partial charge in [-0.3, -0.25) is 4.90 Å². The highest BCUT2D eigenvalue weighted by Crippen LogP contribution is 2.23. The molecule has 0 bridgehead atoms. The Kier molecular flexibility index (Phi) is 5.83. The number of nitrogens with two attached hydrogens (primary N) is 1. The third-order valence-electron chi connectivity index (χ3n) is 3.50. The summed E-state index contributed by atoms with van der Waals surface area (Å²) in [4.78, 5) is 2.42. The minimum absolute atomic E-state index is 0.271. The van der Waals surface area contributed by atoms with E-state index in [4.69, 9.17) is 10.5 Å². The molecule has 0 amide bonds. The van der Waals surface area contributed by atoms with Crippen molar-refractivity contribution in [1.82, 2.24) is 19.7 Å². The van der Waals surface area contributed by atoms with Crippen molar-refractivity contribution in [3.05, 3.63) is 5.82 Å². The second-order valence-corrected chi connectivity index (χ2v) is 6.25. The SMILES string of the molecule is CCN1CCOC(CSc2nnc(CN)n2C(C)C)C1. The second kappa shape index (κ2) is 7.40. The Morgan fingerprint density at radius 1 is 1.45 bits per heavy atom. The van der Waals surface area contributed by atoms with Gasteiger partial charge in [-0.2, -0.15) is 0 Å². The maximum absolute atomic E-state index is 5.82. The lowest BCUT2D eigenvalue weighted by molar-refractivity contribution is -0.0137. The topological polar surface area (TPSA) is 69.2 Å². The fourth-order valence-corrected chi connectivity index (χ4v) is 3.49. The predicted molar refractivity (Wildman–Crippen MR) is 80.9 cm³/mol. The van der Waals surface area contributed by atoms with Crippen molar-refractivity contribution in [1.29, 1.82) is 0 Å². The Bertz CT molecular complexity index is 423. The van der Waals surface area contributed by atoms with Gasteiger partial charge in [0.05, 0.1) is 19.3 Å². The van der Waals surface area contributed by atoms with Crippen molar-refractivity contribution < 1.29 is 4.74 Å². The third kappa shape index (κ3) is 3.72. The van der Waals surface area contributed by atoms with Gasteiger partial charge in [0.2, 0.25) is 0 Å². The van der Waals surface area contributed by atoms with Crippen LogP contribution < -0.4 is 5.73 Å². The molecule has 0 saturated carbocycles. The first kappa shape index (κ1) is 15.8. The standard InChI is InChI=1S/C13H25N5OS/c1-4-17-5-6-19-11(8-17)9-20-13-16-15-12(7-14)18(13)10(2)3/h10-11H,4-9,14H2,1-3H3. The Hall–Kier alpha value is -0.630. The van der Waals surface area contributed by atoms with Gasteiger partial charge in [0.15, 0.2) is 5.16 Å². The minimum Gasteiger partial charge on any atom is -0.375 e. The fraction of sp³-hybridized carbons (Fsp3) is 0.846. The predicted octanol–water partition coefficient (Wildman–Crippen LogP) is 1.13. The van der Waals surface area contributed by atoms with Crippen molar-refractivity contribution in [3.63, 3.8) is 0 Å². The van der Waals surface area contributed by atoms with Crippen LogP contribution in [0.15, 0.2) is 5.16 Å². The van der Waals surface area contributed by atoms with E-state index in [1.807, 2.05) is 0 Å². The van der Waals surface area contributed by atoms with Crippen molar-refractivity contribution in [3.8, 4) is 0 Å². The van der Waals surface area contributed by atoms with Gasteiger partial charge in [0.1, 0.15) is 5.82 Å². The number of nitrogens with zero attached hydrogens (tertiary/aromatic N) is 4. The number of hydrogen-bond acceptors (Lipinski definition) is 6. The molecule has 6 nitrogen and oxygen atoms in total. The van der Waals surface area contributed by atoms with E-state index in [9.17, 15) is 0 Å². The summed E-state index contributed by atoms with van der Waals surface area (Å²) in [7, 11) is 0. The molecule has 1 saturated heterocycles. The quantitative estimate of drug-likeness (QED) is 0.794. The van der Waals surface area contributed by atoms with Crippen LogP contribution in [0.2, 0.25) is 0 Å². The summed E-state index contributed by atoms with van der Waals surface area (Å²) in [5.74, 6) is 1.76. The Morgan fingerprint density at radius 2 is 2.25 bits per heavy atom. The highest BCUT2D eigenvalue weighted by atomic mass is 32.2. The van der Waals surface area contributed by atoms with Crippen LogP contribution in [-0.4, -0.2) is 57.8 Å². The molecular weight excluding hydrogens is 274 g/mol. The van der Waals surface area contributed by atoms with Crippen molar-refractivity contribution in [2.24, 2.45) is 5.73 Å². The van der Waals surface area contributed by atoms with Crippen LogP contribution in [0, 0.1) is 0 Å². The maximum atomic E-state index is 5.82. The fourth-order valence-electron chi connectivity index (χ4n) is 2.40. The molecule has 2 rings (SSSR count). The summed E-state index contributed by atoms with van der Waals surface area (Å²) >= 11 is 1.71. The van der Waals surface area contributed by atoms with Gasteiger partial charge in [-0.15, -0.1) is 10.2 Å². The highest BCUT2D eigenvalue weighted by molar-refractivity contribution is 7.99. The summed E-state index contributed by atoms with van der Waals surface area (Å²) < 4.78 is 7.94. The Morgan fingerprint density at radius 3 is 2.90 bits per heavy atom. The first-order valence-electron chi connectivity index (χ1n) is 7.26. The molecule has 1 aliphatic heterocycles. The molecule has 1 atom stereocenters. The Labute approximate surface area is 125 Å². The van der Waals surface area contributed by atoms with Gasteiger partial charge >= 0.3 is 0 Å². The number of ether oxygens (including phenoxy) is 1. The highest BCUT2D eigenvalue weighted by Gasteiger charge is 2.21. The van der Waals surface area contributed by atoms with Crippen LogP contribution in [0.25, 0.3) is 0 Å². The average Bonchev–Trinajstić information content (AvgIpc) is 2.88. The molecule has 0 aromatic carbocycles. The van der Waals surface area contributed by atoms with Crippen LogP contribution in [0.4, 0.5) is 0 Å². The molecule has 1 unspecified atom stereocenters. The lowest BCUT2D eigenvalue weighted by atomic mass is 10.3. The maximum Gasteiger partial charge on any atom is 0.191 e. The van der Waals surface area contributed by atoms with Crippen molar-refractivity contribution in [2.75, 3.05) is 32.0 Å². The second-order valence-electron chi connectivity index (χ2n) is 5.26. The van der Waals surface area contributed by atoms with Gasteiger partial charge in [-0.05, 0) is 20.4 Å². The first-order chi connectivity index (χ1) is 9.65. The summed E-state index contributed by atoms with van der Waals surface area (Å²) in [6, 6.07) is 0.325. The van der Waals surface area contributed by atoms with Crippen LogP contribution >= 0.6 is 11.8 Å². The summed E-state index contributed by atoms with van der Waals surface area (Å²) in [6.45, 7) is 10.8. The number of aromatic nitrogens is 3. The van der Waals surface area contributed by atoms with E-state index in [1.165, 1.54) is 0 Å². The minimum atomic E-state index is 0.271. The van der Waals surface area contributed by atoms with Crippen molar-refractivity contribution in [2.45, 2.75) is 44.6 Å². The number of likely N-dealkylation sites (N-methyl/N-ethyl adjacent to an activating group) is 1. The molecule has 2 N–H and O–H groups in total. The molecule has 20 heavy (non-hydrogen) atoms. The zero-order chi connectivity index (χ0) is 14.5. The monoisotopic (exact) mass is 299 g/mol. The summed E-state index contributed by atoms with van der Waals surface area (Å²) in [6.07, 6.45) is 0.271. The smallest absolute Gasteiger partial charge is 0.191 e. The van der Waals surface area contributed by atoms with E-state index >= 15 is 0 Å². The van der Waals surface area contributed by atoms with Crippen LogP contribution in [-0.2, 0) is 11.3 Å². The van der Waals surface area contributed by atoms with E-state index in [-0.39, 0.29) is 6.10 Å². The lowest BCUT2D eigenvalue weighted by Crippen LogP contribution is -2.43. The third-order valence-corrected chi connectivity index (χ3v) is 4.58. The van der Waals surface area contributed by atoms with E-state index in [0.29, 0.717) is 12.6 Å². The number of morpholine rings is 1. The van der Waals surface area contributed by atoms with E-state index in [2.05, 4.69) is 40.4 Å². The largest absolute Gasteiger partial charge is 0.375 e. The van der Waals surface area contributed by atoms with Gasteiger partial charge in [-0.1, -0.05) is 18.7 Å². The Balaban J connectivity index is 1.95. The molecule has 1 aromatic heterocycles. The van der Waals surface area contributed by atoms with Crippen molar-refractivity contribution >= 4 is 11.8 Å². The van der Waals surface area contributed by atoms with Crippen LogP contribution in [0.3, 0.4) is 0 Å². The van der Waals surface area contributed by atoms with Gasteiger partial charge in [0.25, 0.3) is 0 Å². The molecule has 1 aliphatic rings. The van der Waals surface area contributed by atoms with Crippen LogP contribution in [0.5, 0.6) is 0 Å². The zero-order valence-corrected chi connectivity index (χ0v) is 13.4. The molecule has 0 spiro atoms. The molecule has 0 radical (unpaired) electrons. The molecule has 1 aromatic rings. The number of thioether (sulfide) groups is 1. The average molecular weight is 299 g/mol. The van der Waals surface area contributed by atoms with E-state index in [0.717, 1.165) is 43.0 Å². The van der Waals surface area contributed by atoms with Gasteiger partial charge < -0.3 is 15.0 Å². The number of hydrogen-bond donors (Lipinski definition) is 1. The normalized spacial score (nSPS) is 20.8. The first-order valence-corrected chi connectivity index (χ1v) is 8.24. The molecule has 114 valence electrons. The molecule has 7 heteroatoms. The zero-order valence-electron chi connectivity index (χ0n) is 12.6. The summed E-state index contributed by atoms with van der Waals surface area (Å²) in [5.41, 5.74) is 5.71. The molecule has 0 aliphatic carbocycles. The molecular formula is C13H25N5OS. The van der Waals surface area contributed by atoms with Gasteiger partial charge in [0, 0.05) is 24.9 Å². The van der Waals surface area contributed by atoms with Crippen LogP contribution in [0.1, 0.15) is 32.6 Å². The van der Waals surface area contributed by atoms with Gasteiger partial charge in [-0.25, -0.2) is 0 Å². The molecule has 1 fully saturated rings. The lowest BCUT2D eigenvalue weighted by Gasteiger charge is -2.31. The number of rotatable bonds is 6. The summed E-state index contributed by atoms with van der Waals surface area (Å²) in [5, 5.41) is 9.37.